The number of hydrogen-bond acceptors (Lipinski definition) is 5. The molecule has 7 nitrogen and oxygen atoms in total. The van der Waals surface area contributed by atoms with Crippen LogP contribution in [-0.2, 0) is 14.3 Å². The Kier molecular flexibility index (Phi) is 12.3. The Morgan fingerprint density at radius 1 is 0.905 bits per heavy atom. The summed E-state index contributed by atoms with van der Waals surface area (Å²) in [5.74, 6) is -0.651. The number of thiol groups is 1. The Balaban J connectivity index is 1.99. The largest absolute Gasteiger partial charge is 0.444 e. The SMILES string of the molecule is CCCCCCCN(C(=O)C(CS)NC(=O)OC(C)(C)C)C(C(=O)Nc1ccc2ccccc2c1)c1ccccc1C. The van der Waals surface area contributed by atoms with Gasteiger partial charge in [0.1, 0.15) is 17.7 Å². The molecule has 2 unspecified atom stereocenters. The molecule has 0 bridgehead atoms. The van der Waals surface area contributed by atoms with Crippen molar-refractivity contribution in [3.8, 4) is 0 Å². The van der Waals surface area contributed by atoms with E-state index in [1.54, 1.807) is 25.7 Å². The van der Waals surface area contributed by atoms with Crippen LogP contribution in [0.2, 0.25) is 0 Å². The van der Waals surface area contributed by atoms with Crippen LogP contribution in [0.15, 0.2) is 66.7 Å². The second-order valence-electron chi connectivity index (χ2n) is 11.6. The van der Waals surface area contributed by atoms with Gasteiger partial charge in [0.2, 0.25) is 5.91 Å². The number of ether oxygens (including phenoxy) is 1. The number of amides is 3. The monoisotopic (exact) mass is 591 g/mol. The number of fused-ring (bicyclic) bond motifs is 1. The van der Waals surface area contributed by atoms with Gasteiger partial charge in [-0.25, -0.2) is 4.79 Å². The second-order valence-corrected chi connectivity index (χ2v) is 12.0. The first kappa shape index (κ1) is 33.0. The summed E-state index contributed by atoms with van der Waals surface area (Å²) in [5, 5.41) is 7.83. The van der Waals surface area contributed by atoms with Crippen molar-refractivity contribution in [3.63, 3.8) is 0 Å². The third kappa shape index (κ3) is 9.51. The predicted molar refractivity (Wildman–Crippen MR) is 174 cm³/mol. The van der Waals surface area contributed by atoms with Gasteiger partial charge in [0.05, 0.1) is 0 Å². The molecule has 2 N–H and O–H groups in total. The molecule has 8 heteroatoms. The van der Waals surface area contributed by atoms with Crippen molar-refractivity contribution in [3.05, 3.63) is 77.9 Å². The zero-order chi connectivity index (χ0) is 30.7. The van der Waals surface area contributed by atoms with Gasteiger partial charge in [0.25, 0.3) is 5.91 Å². The van der Waals surface area contributed by atoms with Crippen LogP contribution in [-0.4, -0.2) is 46.7 Å². The molecule has 3 aromatic rings. The average Bonchev–Trinajstić information content (AvgIpc) is 2.94. The van der Waals surface area contributed by atoms with Crippen molar-refractivity contribution in [2.24, 2.45) is 0 Å². The molecule has 0 aliphatic rings. The summed E-state index contributed by atoms with van der Waals surface area (Å²) in [7, 11) is 0. The summed E-state index contributed by atoms with van der Waals surface area (Å²) < 4.78 is 5.42. The van der Waals surface area contributed by atoms with E-state index in [0.29, 0.717) is 12.2 Å². The summed E-state index contributed by atoms with van der Waals surface area (Å²) in [4.78, 5) is 42.6. The zero-order valence-electron chi connectivity index (χ0n) is 25.5. The highest BCUT2D eigenvalue weighted by Gasteiger charge is 2.36. The van der Waals surface area contributed by atoms with Crippen LogP contribution in [0.1, 0.15) is 77.0 Å². The van der Waals surface area contributed by atoms with Crippen molar-refractivity contribution < 1.29 is 19.1 Å². The molecule has 0 aliphatic carbocycles. The van der Waals surface area contributed by atoms with Crippen LogP contribution in [0, 0.1) is 6.92 Å². The molecule has 0 fully saturated rings. The minimum atomic E-state index is -0.973. The minimum Gasteiger partial charge on any atom is -0.444 e. The molecule has 0 saturated heterocycles. The average molecular weight is 592 g/mol. The Hall–Kier alpha value is -3.52. The lowest BCUT2D eigenvalue weighted by atomic mass is 9.97. The third-order valence-corrected chi connectivity index (χ3v) is 7.38. The van der Waals surface area contributed by atoms with Gasteiger partial charge in [-0.2, -0.15) is 12.6 Å². The lowest BCUT2D eigenvalue weighted by Gasteiger charge is -2.35. The molecular weight excluding hydrogens is 546 g/mol. The Morgan fingerprint density at radius 3 is 2.24 bits per heavy atom. The van der Waals surface area contributed by atoms with Crippen LogP contribution in [0.25, 0.3) is 10.8 Å². The summed E-state index contributed by atoms with van der Waals surface area (Å²) in [6.07, 6.45) is 4.20. The summed E-state index contributed by atoms with van der Waals surface area (Å²) in [5.41, 5.74) is 1.54. The van der Waals surface area contributed by atoms with E-state index in [0.717, 1.165) is 54.0 Å². The third-order valence-electron chi connectivity index (χ3n) is 7.02. The lowest BCUT2D eigenvalue weighted by molar-refractivity contribution is -0.140. The molecule has 0 aromatic heterocycles. The molecule has 0 radical (unpaired) electrons. The van der Waals surface area contributed by atoms with E-state index in [1.807, 2.05) is 73.7 Å². The molecular formula is C34H45N3O4S. The highest BCUT2D eigenvalue weighted by atomic mass is 32.1. The lowest BCUT2D eigenvalue weighted by Crippen LogP contribution is -2.53. The summed E-state index contributed by atoms with van der Waals surface area (Å²) in [6.45, 7) is 9.73. The van der Waals surface area contributed by atoms with Crippen LogP contribution in [0.4, 0.5) is 10.5 Å². The van der Waals surface area contributed by atoms with Gasteiger partial charge >= 0.3 is 6.09 Å². The first-order valence-corrected chi connectivity index (χ1v) is 15.4. The van der Waals surface area contributed by atoms with Crippen molar-refractivity contribution >= 4 is 47.0 Å². The number of anilines is 1. The van der Waals surface area contributed by atoms with Gasteiger partial charge in [-0.1, -0.05) is 87.2 Å². The maximum Gasteiger partial charge on any atom is 0.408 e. The van der Waals surface area contributed by atoms with Crippen molar-refractivity contribution in [2.45, 2.75) is 84.4 Å². The van der Waals surface area contributed by atoms with Crippen LogP contribution < -0.4 is 10.6 Å². The standard InChI is InChI=1S/C34H45N3O4S/c1-6-7-8-9-14-21-37(32(39)29(23-42)36-33(40)41-34(3,4)5)30(28-18-13-10-15-24(28)2)31(38)35-27-20-19-25-16-11-12-17-26(25)22-27/h10-13,15-20,22,29-30,42H,6-9,14,21,23H2,1-5H3,(H,35,38)(H,36,40). The molecule has 2 atom stereocenters. The maximum absolute atomic E-state index is 14.2. The number of carbonyl (C=O) groups excluding carboxylic acids is 3. The molecule has 0 aliphatic heterocycles. The van der Waals surface area contributed by atoms with Gasteiger partial charge < -0.3 is 20.3 Å². The van der Waals surface area contributed by atoms with Gasteiger partial charge in [0, 0.05) is 18.0 Å². The fourth-order valence-electron chi connectivity index (χ4n) is 4.91. The van der Waals surface area contributed by atoms with E-state index in [1.165, 1.54) is 0 Å². The number of aryl methyl sites for hydroxylation is 1. The number of alkyl carbamates (subject to hydrolysis) is 1. The van der Waals surface area contributed by atoms with Crippen molar-refractivity contribution in [2.75, 3.05) is 17.6 Å². The number of nitrogens with one attached hydrogen (secondary N) is 2. The number of unbranched alkanes of at least 4 members (excludes halogenated alkanes) is 4. The minimum absolute atomic E-state index is 0.0528. The first-order valence-electron chi connectivity index (χ1n) is 14.8. The number of hydrogen-bond donors (Lipinski definition) is 3. The van der Waals surface area contributed by atoms with Crippen molar-refractivity contribution in [1.29, 1.82) is 0 Å². The maximum atomic E-state index is 14.2. The van der Waals surface area contributed by atoms with Gasteiger partial charge in [-0.3, -0.25) is 9.59 Å². The fourth-order valence-corrected chi connectivity index (χ4v) is 5.16. The molecule has 3 aromatic carbocycles. The van der Waals surface area contributed by atoms with E-state index in [-0.39, 0.29) is 17.6 Å². The number of carbonyl (C=O) groups is 3. The van der Waals surface area contributed by atoms with E-state index in [9.17, 15) is 14.4 Å². The smallest absolute Gasteiger partial charge is 0.408 e. The highest BCUT2D eigenvalue weighted by molar-refractivity contribution is 7.80. The molecule has 226 valence electrons. The van der Waals surface area contributed by atoms with E-state index in [4.69, 9.17) is 4.74 Å². The summed E-state index contributed by atoms with van der Waals surface area (Å²) in [6, 6.07) is 19.4. The van der Waals surface area contributed by atoms with E-state index >= 15 is 0 Å². The molecule has 3 amide bonds. The fraction of sp³-hybridized carbons (Fsp3) is 0.441. The molecule has 0 heterocycles. The Morgan fingerprint density at radius 2 is 1.57 bits per heavy atom. The molecule has 0 saturated carbocycles. The molecule has 3 rings (SSSR count). The first-order chi connectivity index (χ1) is 20.0. The topological polar surface area (TPSA) is 87.7 Å². The van der Waals surface area contributed by atoms with Crippen LogP contribution in [0.3, 0.4) is 0 Å². The van der Waals surface area contributed by atoms with E-state index in [2.05, 4.69) is 30.2 Å². The predicted octanol–water partition coefficient (Wildman–Crippen LogP) is 7.45. The quantitative estimate of drug-likeness (QED) is 0.142. The molecule has 42 heavy (non-hydrogen) atoms. The zero-order valence-corrected chi connectivity index (χ0v) is 26.4. The number of nitrogens with zero attached hydrogens (tertiary/aromatic N) is 1. The highest BCUT2D eigenvalue weighted by Crippen LogP contribution is 2.28. The second kappa shape index (κ2) is 15.6. The summed E-state index contributed by atoms with van der Waals surface area (Å²) >= 11 is 4.40. The van der Waals surface area contributed by atoms with Gasteiger partial charge in [0.15, 0.2) is 0 Å². The van der Waals surface area contributed by atoms with Gasteiger partial charge in [-0.15, -0.1) is 0 Å². The van der Waals surface area contributed by atoms with Crippen LogP contribution >= 0.6 is 12.6 Å². The Bertz CT molecular complexity index is 1350. The normalized spacial score (nSPS) is 12.8. The Labute approximate surface area is 255 Å². The molecule has 0 spiro atoms. The van der Waals surface area contributed by atoms with Crippen molar-refractivity contribution in [1.82, 2.24) is 10.2 Å². The number of rotatable bonds is 13. The van der Waals surface area contributed by atoms with Crippen LogP contribution in [0.5, 0.6) is 0 Å². The van der Waals surface area contributed by atoms with Gasteiger partial charge in [-0.05, 0) is 68.1 Å². The number of benzene rings is 3. The van der Waals surface area contributed by atoms with E-state index < -0.39 is 23.8 Å².